The van der Waals surface area contributed by atoms with E-state index in [0.717, 1.165) is 17.8 Å². The molecule has 0 saturated heterocycles. The summed E-state index contributed by atoms with van der Waals surface area (Å²) >= 11 is 1.10. The Morgan fingerprint density at radius 3 is 2.94 bits per heavy atom. The third-order valence-electron chi connectivity index (χ3n) is 2.11. The number of carbonyl (C=O) groups is 1. The zero-order valence-electron chi connectivity index (χ0n) is 9.10. The molecule has 0 aliphatic carbocycles. The molecule has 7 heteroatoms. The number of aromatic nitrogens is 1. The molecule has 5 nitrogen and oxygen atoms in total. The number of hydrogen-bond acceptors (Lipinski definition) is 5. The molecule has 2 N–H and O–H groups in total. The molecule has 1 aromatic rings. The van der Waals surface area contributed by atoms with Gasteiger partial charge in [0.05, 0.1) is 6.20 Å². The van der Waals surface area contributed by atoms with Crippen molar-refractivity contribution in [1.29, 1.82) is 0 Å². The summed E-state index contributed by atoms with van der Waals surface area (Å²) in [6, 6.07) is 0. The number of carboxylic acid groups (broad SMARTS) is 1. The van der Waals surface area contributed by atoms with Gasteiger partial charge < -0.3 is 10.4 Å². The van der Waals surface area contributed by atoms with Gasteiger partial charge in [0, 0.05) is 28.9 Å². The lowest BCUT2D eigenvalue weighted by atomic mass is 10.3. The Morgan fingerprint density at radius 1 is 1.75 bits per heavy atom. The average Bonchev–Trinajstić information content (AvgIpc) is 2.66. The Hall–Kier alpha value is -0.950. The van der Waals surface area contributed by atoms with Crippen LogP contribution in [0.5, 0.6) is 0 Å². The smallest absolute Gasteiger partial charge is 0.347 e. The van der Waals surface area contributed by atoms with Crippen LogP contribution in [0, 0.1) is 0 Å². The topological polar surface area (TPSA) is 79.3 Å². The highest BCUT2D eigenvalue weighted by molar-refractivity contribution is 7.84. The van der Waals surface area contributed by atoms with Crippen molar-refractivity contribution in [1.82, 2.24) is 4.98 Å². The van der Waals surface area contributed by atoms with Gasteiger partial charge in [0.15, 0.2) is 5.13 Å². The zero-order valence-corrected chi connectivity index (χ0v) is 10.7. The molecule has 0 fully saturated rings. The minimum absolute atomic E-state index is 0.131. The van der Waals surface area contributed by atoms with Crippen LogP contribution in [0.25, 0.3) is 0 Å². The molecule has 16 heavy (non-hydrogen) atoms. The van der Waals surface area contributed by atoms with Crippen LogP contribution in [0.1, 0.15) is 23.0 Å². The molecule has 0 aromatic carbocycles. The first-order valence-corrected chi connectivity index (χ1v) is 7.19. The van der Waals surface area contributed by atoms with E-state index in [9.17, 15) is 9.00 Å². The fourth-order valence-corrected chi connectivity index (χ4v) is 2.13. The number of hydrogen-bond donors (Lipinski definition) is 2. The molecule has 90 valence electrons. The van der Waals surface area contributed by atoms with Crippen molar-refractivity contribution in [2.24, 2.45) is 0 Å². The zero-order chi connectivity index (χ0) is 12.1. The average molecular weight is 262 g/mol. The van der Waals surface area contributed by atoms with E-state index in [1.54, 1.807) is 6.26 Å². The van der Waals surface area contributed by atoms with Crippen LogP contribution in [0.3, 0.4) is 0 Å². The van der Waals surface area contributed by atoms with Crippen LogP contribution < -0.4 is 5.32 Å². The van der Waals surface area contributed by atoms with Gasteiger partial charge in [0.2, 0.25) is 0 Å². The molecule has 0 spiro atoms. The summed E-state index contributed by atoms with van der Waals surface area (Å²) in [5.74, 6) is -0.964. The van der Waals surface area contributed by atoms with Gasteiger partial charge in [-0.15, -0.1) is 0 Å². The lowest BCUT2D eigenvalue weighted by Crippen LogP contribution is -2.14. The predicted octanol–water partition coefficient (Wildman–Crippen LogP) is 1.41. The summed E-state index contributed by atoms with van der Waals surface area (Å²) in [5.41, 5.74) is 0. The van der Waals surface area contributed by atoms with Crippen LogP contribution in [0.15, 0.2) is 6.20 Å². The van der Waals surface area contributed by atoms with E-state index >= 15 is 0 Å². The number of thiazole rings is 1. The van der Waals surface area contributed by atoms with E-state index in [1.807, 2.05) is 6.92 Å². The number of carboxylic acids is 1. The number of nitrogens with zero attached hydrogens (tertiary/aromatic N) is 1. The van der Waals surface area contributed by atoms with Gasteiger partial charge in [-0.25, -0.2) is 9.78 Å². The molecule has 0 amide bonds. The van der Waals surface area contributed by atoms with Gasteiger partial charge in [-0.2, -0.15) is 0 Å². The molecule has 1 heterocycles. The van der Waals surface area contributed by atoms with Gasteiger partial charge >= 0.3 is 5.97 Å². The molecule has 0 saturated carbocycles. The Kier molecular flexibility index (Phi) is 4.88. The Labute approximate surface area is 100 Å². The second-order valence-corrected chi connectivity index (χ2v) is 6.19. The van der Waals surface area contributed by atoms with Gasteiger partial charge in [0.25, 0.3) is 0 Å². The fourth-order valence-electron chi connectivity index (χ4n) is 1.00. The third-order valence-corrected chi connectivity index (χ3v) is 4.42. The molecular weight excluding hydrogens is 248 g/mol. The fraction of sp³-hybridized carbons (Fsp3) is 0.556. The maximum atomic E-state index is 11.1. The molecule has 1 rings (SSSR count). The largest absolute Gasteiger partial charge is 0.477 e. The maximum absolute atomic E-state index is 11.1. The normalized spacial score (nSPS) is 14.4. The number of rotatable bonds is 6. The standard InChI is InChI=1S/C9H14N2O3S2/c1-6(16(2)14)3-4-10-9-11-5-7(15-9)8(12)13/h5-6H,3-4H2,1-2H3,(H,10,11)(H,12,13). The van der Waals surface area contributed by atoms with Crippen LogP contribution >= 0.6 is 11.3 Å². The lowest BCUT2D eigenvalue weighted by Gasteiger charge is -2.07. The molecule has 2 unspecified atom stereocenters. The molecule has 1 aromatic heterocycles. The second kappa shape index (κ2) is 5.95. The number of anilines is 1. The summed E-state index contributed by atoms with van der Waals surface area (Å²) < 4.78 is 11.1. The summed E-state index contributed by atoms with van der Waals surface area (Å²) in [4.78, 5) is 14.7. The number of aromatic carboxylic acids is 1. The first-order valence-electron chi connectivity index (χ1n) is 4.76. The van der Waals surface area contributed by atoms with Gasteiger partial charge in [-0.1, -0.05) is 18.3 Å². The van der Waals surface area contributed by atoms with Crippen molar-refractivity contribution in [3.05, 3.63) is 11.1 Å². The lowest BCUT2D eigenvalue weighted by molar-refractivity contribution is 0.0702. The summed E-state index contributed by atoms with van der Waals surface area (Å²) in [6.45, 7) is 2.57. The maximum Gasteiger partial charge on any atom is 0.347 e. The van der Waals surface area contributed by atoms with E-state index in [4.69, 9.17) is 5.11 Å². The van der Waals surface area contributed by atoms with Crippen LogP contribution in [0.2, 0.25) is 0 Å². The van der Waals surface area contributed by atoms with Gasteiger partial charge in [-0.3, -0.25) is 4.21 Å². The van der Waals surface area contributed by atoms with Crippen molar-refractivity contribution < 1.29 is 14.1 Å². The Balaban J connectivity index is 2.37. The van der Waals surface area contributed by atoms with Crippen LogP contribution in [-0.2, 0) is 10.8 Å². The van der Waals surface area contributed by atoms with Crippen molar-refractivity contribution in [3.63, 3.8) is 0 Å². The summed E-state index contributed by atoms with van der Waals surface area (Å²) in [6.07, 6.45) is 3.78. The van der Waals surface area contributed by atoms with E-state index in [2.05, 4.69) is 10.3 Å². The molecule has 0 bridgehead atoms. The highest BCUT2D eigenvalue weighted by atomic mass is 32.2. The molecule has 0 aliphatic heterocycles. The Bertz CT molecular complexity index is 392. The highest BCUT2D eigenvalue weighted by Gasteiger charge is 2.09. The molecular formula is C9H14N2O3S2. The number of nitrogens with one attached hydrogen (secondary N) is 1. The highest BCUT2D eigenvalue weighted by Crippen LogP contribution is 2.17. The van der Waals surface area contributed by atoms with Gasteiger partial charge in [-0.05, 0) is 6.42 Å². The van der Waals surface area contributed by atoms with Crippen molar-refractivity contribution in [2.45, 2.75) is 18.6 Å². The molecule has 0 aliphatic rings. The minimum Gasteiger partial charge on any atom is -0.477 e. The van der Waals surface area contributed by atoms with Crippen molar-refractivity contribution in [3.8, 4) is 0 Å². The first-order chi connectivity index (χ1) is 7.50. The summed E-state index contributed by atoms with van der Waals surface area (Å²) in [5, 5.41) is 12.4. The second-order valence-electron chi connectivity index (χ2n) is 3.36. The van der Waals surface area contributed by atoms with Crippen LogP contribution in [0.4, 0.5) is 5.13 Å². The van der Waals surface area contributed by atoms with Gasteiger partial charge in [0.1, 0.15) is 4.88 Å². The van der Waals surface area contributed by atoms with E-state index in [-0.39, 0.29) is 10.1 Å². The van der Waals surface area contributed by atoms with E-state index < -0.39 is 16.8 Å². The Morgan fingerprint density at radius 2 is 2.44 bits per heavy atom. The quantitative estimate of drug-likeness (QED) is 0.810. The third kappa shape index (κ3) is 3.90. The van der Waals surface area contributed by atoms with E-state index in [0.29, 0.717) is 11.7 Å². The van der Waals surface area contributed by atoms with Crippen LogP contribution in [-0.4, -0.2) is 38.3 Å². The molecule has 2 atom stereocenters. The predicted molar refractivity (Wildman–Crippen MR) is 65.7 cm³/mol. The first kappa shape index (κ1) is 13.1. The minimum atomic E-state index is -0.964. The van der Waals surface area contributed by atoms with E-state index in [1.165, 1.54) is 6.20 Å². The SMILES string of the molecule is CC(CCNc1ncc(C(=O)O)s1)S(C)=O. The monoisotopic (exact) mass is 262 g/mol. The molecule has 0 radical (unpaired) electrons. The van der Waals surface area contributed by atoms with Crippen molar-refractivity contribution in [2.75, 3.05) is 18.1 Å². The van der Waals surface area contributed by atoms with Crippen molar-refractivity contribution >= 4 is 33.2 Å². The summed E-state index contributed by atoms with van der Waals surface area (Å²) in [7, 11) is -0.821.